The van der Waals surface area contributed by atoms with Crippen LogP contribution in [0.2, 0.25) is 0 Å². The number of fused-ring (bicyclic) bond motifs is 1. The Morgan fingerprint density at radius 3 is 2.79 bits per heavy atom. The topological polar surface area (TPSA) is 114 Å². The van der Waals surface area contributed by atoms with E-state index in [0.29, 0.717) is 22.8 Å². The van der Waals surface area contributed by atoms with Gasteiger partial charge in [-0.3, -0.25) is 19.7 Å². The maximum Gasteiger partial charge on any atom is 0.270 e. The first kappa shape index (κ1) is 20.2. The SMILES string of the molecule is CCCC(=O)Nc1nc2ccc(NC(=O)/C=C/c3cccc([N+](=O)[O-])c3)cc2s1. The molecule has 148 valence electrons. The van der Waals surface area contributed by atoms with Gasteiger partial charge in [-0.05, 0) is 36.3 Å². The van der Waals surface area contributed by atoms with Gasteiger partial charge >= 0.3 is 0 Å². The second kappa shape index (κ2) is 9.07. The normalized spacial score (nSPS) is 10.9. The summed E-state index contributed by atoms with van der Waals surface area (Å²) >= 11 is 1.33. The van der Waals surface area contributed by atoms with Crippen LogP contribution >= 0.6 is 11.3 Å². The summed E-state index contributed by atoms with van der Waals surface area (Å²) in [6.07, 6.45) is 4.02. The summed E-state index contributed by atoms with van der Waals surface area (Å²) in [5, 5.41) is 16.8. The highest BCUT2D eigenvalue weighted by Gasteiger charge is 2.09. The van der Waals surface area contributed by atoms with Crippen LogP contribution in [0.3, 0.4) is 0 Å². The van der Waals surface area contributed by atoms with Crippen LogP contribution in [-0.4, -0.2) is 21.7 Å². The van der Waals surface area contributed by atoms with E-state index >= 15 is 0 Å². The zero-order chi connectivity index (χ0) is 20.8. The summed E-state index contributed by atoms with van der Waals surface area (Å²) in [5.41, 5.74) is 1.83. The third-order valence-electron chi connectivity index (χ3n) is 3.89. The predicted octanol–water partition coefficient (Wildman–Crippen LogP) is 4.60. The van der Waals surface area contributed by atoms with Gasteiger partial charge in [-0.25, -0.2) is 4.98 Å². The van der Waals surface area contributed by atoms with Crippen molar-refractivity contribution in [3.8, 4) is 0 Å². The number of nitro groups is 1. The highest BCUT2D eigenvalue weighted by Crippen LogP contribution is 2.28. The Kier molecular flexibility index (Phi) is 6.30. The third kappa shape index (κ3) is 5.45. The molecule has 1 aromatic heterocycles. The van der Waals surface area contributed by atoms with Gasteiger partial charge in [-0.15, -0.1) is 0 Å². The zero-order valence-electron chi connectivity index (χ0n) is 15.5. The zero-order valence-corrected chi connectivity index (χ0v) is 16.4. The molecule has 0 atom stereocenters. The molecule has 29 heavy (non-hydrogen) atoms. The van der Waals surface area contributed by atoms with E-state index < -0.39 is 4.92 Å². The summed E-state index contributed by atoms with van der Waals surface area (Å²) < 4.78 is 0.831. The van der Waals surface area contributed by atoms with Crippen molar-refractivity contribution < 1.29 is 14.5 Å². The summed E-state index contributed by atoms with van der Waals surface area (Å²) in [6.45, 7) is 1.93. The lowest BCUT2D eigenvalue weighted by Gasteiger charge is -2.01. The molecule has 0 unspecified atom stereocenters. The van der Waals surface area contributed by atoms with E-state index in [-0.39, 0.29) is 17.5 Å². The van der Waals surface area contributed by atoms with Crippen molar-refractivity contribution in [2.45, 2.75) is 19.8 Å². The minimum absolute atomic E-state index is 0.0370. The van der Waals surface area contributed by atoms with Crippen molar-refractivity contribution in [1.29, 1.82) is 0 Å². The van der Waals surface area contributed by atoms with E-state index in [0.717, 1.165) is 16.6 Å². The van der Waals surface area contributed by atoms with E-state index in [4.69, 9.17) is 0 Å². The lowest BCUT2D eigenvalue weighted by molar-refractivity contribution is -0.384. The Balaban J connectivity index is 1.67. The molecule has 1 heterocycles. The minimum atomic E-state index is -0.485. The van der Waals surface area contributed by atoms with E-state index in [2.05, 4.69) is 15.6 Å². The van der Waals surface area contributed by atoms with E-state index in [1.807, 2.05) is 6.92 Å². The number of anilines is 2. The summed E-state index contributed by atoms with van der Waals surface area (Å²) in [4.78, 5) is 38.5. The van der Waals surface area contributed by atoms with Gasteiger partial charge in [-0.2, -0.15) is 0 Å². The van der Waals surface area contributed by atoms with Crippen LogP contribution in [-0.2, 0) is 9.59 Å². The van der Waals surface area contributed by atoms with Crippen LogP contribution in [0.25, 0.3) is 16.3 Å². The number of nitrogens with one attached hydrogen (secondary N) is 2. The van der Waals surface area contributed by atoms with Gasteiger partial charge < -0.3 is 10.6 Å². The van der Waals surface area contributed by atoms with Gasteiger partial charge in [0.1, 0.15) is 0 Å². The van der Waals surface area contributed by atoms with Gasteiger partial charge in [0, 0.05) is 30.3 Å². The Hall–Kier alpha value is -3.59. The van der Waals surface area contributed by atoms with Crippen LogP contribution in [0.4, 0.5) is 16.5 Å². The number of hydrogen-bond donors (Lipinski definition) is 2. The maximum absolute atomic E-state index is 12.2. The largest absolute Gasteiger partial charge is 0.322 e. The number of amides is 2. The Morgan fingerprint density at radius 1 is 1.21 bits per heavy atom. The smallest absolute Gasteiger partial charge is 0.270 e. The Morgan fingerprint density at radius 2 is 2.03 bits per heavy atom. The van der Waals surface area contributed by atoms with Gasteiger partial charge in [0.2, 0.25) is 11.8 Å². The van der Waals surface area contributed by atoms with Crippen molar-refractivity contribution in [3.63, 3.8) is 0 Å². The summed E-state index contributed by atoms with van der Waals surface area (Å²) in [7, 11) is 0. The molecule has 0 spiro atoms. The molecule has 0 radical (unpaired) electrons. The Bertz CT molecular complexity index is 1110. The fourth-order valence-corrected chi connectivity index (χ4v) is 3.48. The van der Waals surface area contributed by atoms with Gasteiger partial charge in [0.25, 0.3) is 5.69 Å². The predicted molar refractivity (Wildman–Crippen MR) is 114 cm³/mol. The summed E-state index contributed by atoms with van der Waals surface area (Å²) in [6, 6.07) is 11.3. The molecule has 9 heteroatoms. The van der Waals surface area contributed by atoms with Crippen molar-refractivity contribution in [1.82, 2.24) is 4.98 Å². The van der Waals surface area contributed by atoms with E-state index in [9.17, 15) is 19.7 Å². The first-order valence-electron chi connectivity index (χ1n) is 8.88. The number of rotatable bonds is 7. The number of benzene rings is 2. The molecule has 2 amide bonds. The number of hydrogen-bond acceptors (Lipinski definition) is 6. The highest BCUT2D eigenvalue weighted by molar-refractivity contribution is 7.22. The van der Waals surface area contributed by atoms with E-state index in [1.54, 1.807) is 30.3 Å². The lowest BCUT2D eigenvalue weighted by Crippen LogP contribution is -2.09. The van der Waals surface area contributed by atoms with Crippen molar-refractivity contribution >= 4 is 56.0 Å². The molecule has 0 aliphatic rings. The molecular weight excluding hydrogens is 392 g/mol. The quantitative estimate of drug-likeness (QED) is 0.336. The molecule has 0 aliphatic heterocycles. The molecule has 2 aromatic carbocycles. The fraction of sp³-hybridized carbons (Fsp3) is 0.150. The second-order valence-corrected chi connectivity index (χ2v) is 7.21. The number of carbonyl (C=O) groups excluding carboxylic acids is 2. The standard InChI is InChI=1S/C20H18N4O4S/c1-2-4-18(25)23-20-22-16-9-8-14(12-17(16)29-20)21-19(26)10-7-13-5-3-6-15(11-13)24(27)28/h3,5-12H,2,4H2,1H3,(H,21,26)(H,22,23,25)/b10-7+. The maximum atomic E-state index is 12.2. The number of aromatic nitrogens is 1. The van der Waals surface area contributed by atoms with Crippen molar-refractivity contribution in [3.05, 3.63) is 64.2 Å². The number of nitro benzene ring substituents is 1. The number of carbonyl (C=O) groups is 2. The second-order valence-electron chi connectivity index (χ2n) is 6.17. The fourth-order valence-electron chi connectivity index (χ4n) is 2.56. The average molecular weight is 410 g/mol. The molecule has 0 fully saturated rings. The first-order chi connectivity index (χ1) is 13.9. The van der Waals surface area contributed by atoms with Crippen molar-refractivity contribution in [2.24, 2.45) is 0 Å². The molecule has 0 aliphatic carbocycles. The van der Waals surface area contributed by atoms with E-state index in [1.165, 1.54) is 35.6 Å². The van der Waals surface area contributed by atoms with Crippen LogP contribution in [0.5, 0.6) is 0 Å². The number of nitrogens with zero attached hydrogens (tertiary/aromatic N) is 2. The molecular formula is C20H18N4O4S. The van der Waals surface area contributed by atoms with Gasteiger partial charge in [-0.1, -0.05) is 30.4 Å². The minimum Gasteiger partial charge on any atom is -0.322 e. The lowest BCUT2D eigenvalue weighted by atomic mass is 10.2. The van der Waals surface area contributed by atoms with Crippen LogP contribution < -0.4 is 10.6 Å². The highest BCUT2D eigenvalue weighted by atomic mass is 32.1. The van der Waals surface area contributed by atoms with Crippen LogP contribution in [0, 0.1) is 10.1 Å². The van der Waals surface area contributed by atoms with Crippen LogP contribution in [0.1, 0.15) is 25.3 Å². The molecule has 3 aromatic rings. The monoisotopic (exact) mass is 410 g/mol. The van der Waals surface area contributed by atoms with Crippen molar-refractivity contribution in [2.75, 3.05) is 10.6 Å². The number of thiazole rings is 1. The molecule has 8 nitrogen and oxygen atoms in total. The van der Waals surface area contributed by atoms with Gasteiger partial charge in [0.15, 0.2) is 5.13 Å². The third-order valence-corrected chi connectivity index (χ3v) is 4.82. The number of non-ortho nitro benzene ring substituents is 1. The van der Waals surface area contributed by atoms with Gasteiger partial charge in [0.05, 0.1) is 15.1 Å². The molecule has 0 saturated carbocycles. The Labute approximate surface area is 170 Å². The average Bonchev–Trinajstić information content (AvgIpc) is 3.08. The van der Waals surface area contributed by atoms with Crippen LogP contribution in [0.15, 0.2) is 48.5 Å². The summed E-state index contributed by atoms with van der Waals surface area (Å²) in [5.74, 6) is -0.441. The molecule has 0 bridgehead atoms. The molecule has 2 N–H and O–H groups in total. The molecule has 3 rings (SSSR count). The first-order valence-corrected chi connectivity index (χ1v) is 9.70. The molecule has 0 saturated heterocycles.